The quantitative estimate of drug-likeness (QED) is 0.101. The SMILES string of the molecule is [2H]C([2H])(c1cc(-c2ccccc2)c(N2c3cc(-n4c5ccc(CC(C)(C)C)cc5c5cc(CC(C)(C)C)ccc54)ccc3B3c4ccc(-n5c6ccc(CC(C)(C)C)cc6c6cc(CC(C)(C)C)ccc65)cc4N(c4cc(-c5ccccc5)c(C([2H])([2H])C(C)(C)C)cc4-c4ccccc4)c4cc(C(C)(C)C)cc2c43)cc1-c1ccccc1)C(C)(C)C. The number of benzene rings is 13. The van der Waals surface area contributed by atoms with Gasteiger partial charge in [-0.25, -0.2) is 0 Å². The molecule has 0 amide bonds. The Morgan fingerprint density at radius 2 is 0.556 bits per heavy atom. The van der Waals surface area contributed by atoms with Crippen LogP contribution in [0.4, 0.5) is 34.1 Å². The average Bonchev–Trinajstić information content (AvgIpc) is 1.69. The van der Waals surface area contributed by atoms with E-state index in [1.165, 1.54) is 43.8 Å². The molecule has 0 unspecified atom stereocenters. The molecular weight excluding hydrogens is 1410 g/mol. The monoisotopic (exact) mass is 1530 g/mol. The summed E-state index contributed by atoms with van der Waals surface area (Å²) < 4.78 is 47.0. The fourth-order valence-corrected chi connectivity index (χ4v) is 18.8. The first-order valence-corrected chi connectivity index (χ1v) is 42.7. The predicted octanol–water partition coefficient (Wildman–Crippen LogP) is 29.5. The van der Waals surface area contributed by atoms with E-state index < -0.39 is 29.0 Å². The van der Waals surface area contributed by atoms with Gasteiger partial charge in [-0.3, -0.25) is 0 Å². The summed E-state index contributed by atoms with van der Waals surface area (Å²) in [5.41, 5.74) is 29.0. The highest BCUT2D eigenvalue weighted by molar-refractivity contribution is 7.00. The first-order chi connectivity index (χ1) is 56.9. The highest BCUT2D eigenvalue weighted by Gasteiger charge is 2.46. The van der Waals surface area contributed by atoms with Gasteiger partial charge in [0.25, 0.3) is 6.71 Å². The third-order valence-corrected chi connectivity index (χ3v) is 23.3. The average molecular weight is 1540 g/mol. The second kappa shape index (κ2) is 29.0. The van der Waals surface area contributed by atoms with E-state index in [9.17, 15) is 5.48 Å². The molecular formula is C112H119BN4. The van der Waals surface area contributed by atoms with E-state index in [0.717, 1.165) is 160 Å². The Labute approximate surface area is 704 Å². The van der Waals surface area contributed by atoms with E-state index in [-0.39, 0.29) is 28.4 Å². The Morgan fingerprint density at radius 3 is 0.829 bits per heavy atom. The van der Waals surface area contributed by atoms with Crippen molar-refractivity contribution in [2.45, 2.75) is 189 Å². The molecule has 17 rings (SSSR count). The molecule has 2 aliphatic heterocycles. The van der Waals surface area contributed by atoms with E-state index >= 15 is 0 Å². The van der Waals surface area contributed by atoms with Gasteiger partial charge in [-0.15, -0.1) is 0 Å². The molecule has 0 radical (unpaired) electrons. The lowest BCUT2D eigenvalue weighted by atomic mass is 9.33. The van der Waals surface area contributed by atoms with E-state index in [0.29, 0.717) is 11.1 Å². The number of nitrogens with zero attached hydrogens (tertiary/aromatic N) is 4. The van der Waals surface area contributed by atoms with Crippen molar-refractivity contribution in [3.05, 3.63) is 306 Å². The van der Waals surface area contributed by atoms with Gasteiger partial charge < -0.3 is 18.9 Å². The van der Waals surface area contributed by atoms with Gasteiger partial charge in [0.1, 0.15) is 0 Å². The smallest absolute Gasteiger partial charge is 0.252 e. The molecule has 0 spiro atoms. The summed E-state index contributed by atoms with van der Waals surface area (Å²) >= 11 is 0. The van der Waals surface area contributed by atoms with Crippen molar-refractivity contribution in [2.75, 3.05) is 9.80 Å². The van der Waals surface area contributed by atoms with Crippen molar-refractivity contribution in [1.29, 1.82) is 0 Å². The highest BCUT2D eigenvalue weighted by atomic mass is 15.2. The summed E-state index contributed by atoms with van der Waals surface area (Å²) in [6, 6.07) is 100. The largest absolute Gasteiger partial charge is 0.311 e. The van der Waals surface area contributed by atoms with Crippen molar-refractivity contribution in [1.82, 2.24) is 9.13 Å². The minimum atomic E-state index is -1.82. The van der Waals surface area contributed by atoms with Gasteiger partial charge in [-0.1, -0.05) is 303 Å². The number of anilines is 6. The summed E-state index contributed by atoms with van der Waals surface area (Å²) in [6.45, 7) is 46.9. The van der Waals surface area contributed by atoms with E-state index in [1.807, 2.05) is 41.5 Å². The Bertz CT molecular complexity index is 6020. The maximum atomic E-state index is 10.5. The molecule has 0 aliphatic carbocycles. The molecule has 5 heteroatoms. The van der Waals surface area contributed by atoms with E-state index in [1.54, 1.807) is 0 Å². The van der Waals surface area contributed by atoms with Crippen LogP contribution in [-0.2, 0) is 43.8 Å². The second-order valence-electron chi connectivity index (χ2n) is 41.8. The molecule has 117 heavy (non-hydrogen) atoms. The zero-order valence-corrected chi connectivity index (χ0v) is 73.1. The van der Waals surface area contributed by atoms with Crippen molar-refractivity contribution in [3.63, 3.8) is 0 Å². The van der Waals surface area contributed by atoms with Crippen LogP contribution in [0.2, 0.25) is 0 Å². The van der Waals surface area contributed by atoms with Crippen molar-refractivity contribution in [2.24, 2.45) is 32.5 Å². The summed E-state index contributed by atoms with van der Waals surface area (Å²) in [5.74, 6) is 0. The molecule has 0 atom stereocenters. The Hall–Kier alpha value is -10.9. The predicted molar refractivity (Wildman–Crippen MR) is 509 cm³/mol. The topological polar surface area (TPSA) is 16.3 Å². The zero-order valence-electron chi connectivity index (χ0n) is 77.1. The fraction of sp³-hybridized carbons (Fsp3) is 0.304. The molecule has 2 aliphatic rings. The summed E-state index contributed by atoms with van der Waals surface area (Å²) in [5, 5.41) is 4.94. The maximum absolute atomic E-state index is 10.5. The molecule has 13 aromatic carbocycles. The van der Waals surface area contributed by atoms with Gasteiger partial charge in [0.05, 0.1) is 33.4 Å². The normalized spacial score (nSPS) is 14.2. The Morgan fingerprint density at radius 1 is 0.265 bits per heavy atom. The standard InChI is InChI=1S/C112H119BN4/c1-106(2,3)66-72-42-50-95-89(54-72)90-55-73(67-107(4,5)6)43-51-96(90)114(95)83-46-48-93-101(62-83)116(99-64-85(76-34-26-22-27-35-76)80(70-110(13,14)15)58-87(99)78-38-30-24-31-39-78)103-60-82(112(19,20)21)61-104-105(103)113(93)94-49-47-84(115-97-52-44-74(68-108(7,8)9)56-91(97)92-57-75(45-53-98(92)115)69-109(10,11)12)63-102(94)117(104)100-65-86(77-36-28-23-29-37-77)81(71-111(16,17)18)59-88(100)79-40-32-25-33-41-79/h22-65H,66-71H2,1-21H3/i70D2,71D2. The van der Waals surface area contributed by atoms with Gasteiger partial charge in [0, 0.05) is 72.3 Å². The molecule has 0 bridgehead atoms. The lowest BCUT2D eigenvalue weighted by molar-refractivity contribution is 0.411. The van der Waals surface area contributed by atoms with Crippen molar-refractivity contribution in [3.8, 4) is 55.9 Å². The van der Waals surface area contributed by atoms with Crippen LogP contribution in [0.5, 0.6) is 0 Å². The lowest BCUT2D eigenvalue weighted by Crippen LogP contribution is -2.61. The number of fused-ring (bicyclic) bond motifs is 10. The maximum Gasteiger partial charge on any atom is 0.252 e. The molecule has 0 saturated heterocycles. The summed E-state index contributed by atoms with van der Waals surface area (Å²) in [7, 11) is 0. The number of rotatable bonds is 14. The molecule has 15 aromatic rings. The summed E-state index contributed by atoms with van der Waals surface area (Å²) in [6.07, 6.45) is 0.116. The van der Waals surface area contributed by atoms with Gasteiger partial charge >= 0.3 is 0 Å². The van der Waals surface area contributed by atoms with Crippen LogP contribution in [0.3, 0.4) is 0 Å². The number of aromatic nitrogens is 2. The van der Waals surface area contributed by atoms with Crippen LogP contribution in [0.1, 0.15) is 190 Å². The lowest BCUT2D eigenvalue weighted by Gasteiger charge is -2.46. The van der Waals surface area contributed by atoms with E-state index in [2.05, 4.69) is 390 Å². The van der Waals surface area contributed by atoms with Crippen LogP contribution >= 0.6 is 0 Å². The van der Waals surface area contributed by atoms with Crippen LogP contribution in [0.25, 0.3) is 99.5 Å². The van der Waals surface area contributed by atoms with Crippen molar-refractivity contribution >= 4 is 101 Å². The van der Waals surface area contributed by atoms with Gasteiger partial charge in [-0.05, 0) is 274 Å². The van der Waals surface area contributed by atoms with Gasteiger partial charge in [-0.2, -0.15) is 0 Å². The molecule has 4 nitrogen and oxygen atoms in total. The molecule has 4 heterocycles. The first kappa shape index (κ1) is 73.7. The third-order valence-electron chi connectivity index (χ3n) is 23.3. The molecule has 0 fully saturated rings. The fourth-order valence-electron chi connectivity index (χ4n) is 18.8. The van der Waals surface area contributed by atoms with Crippen LogP contribution in [0.15, 0.2) is 267 Å². The zero-order chi connectivity index (χ0) is 86.0. The Balaban J connectivity index is 1.05. The minimum absolute atomic E-state index is 0.0681. The molecule has 2 aromatic heterocycles. The first-order valence-electron chi connectivity index (χ1n) is 44.7. The third kappa shape index (κ3) is 15.7. The Kier molecular flexibility index (Phi) is 18.3. The van der Waals surface area contributed by atoms with Crippen LogP contribution < -0.4 is 26.2 Å². The van der Waals surface area contributed by atoms with E-state index in [4.69, 9.17) is 0 Å². The van der Waals surface area contributed by atoms with Crippen molar-refractivity contribution < 1.29 is 5.48 Å². The summed E-state index contributed by atoms with van der Waals surface area (Å²) in [4.78, 5) is 5.19. The number of hydrogen-bond acceptors (Lipinski definition) is 2. The molecule has 0 saturated carbocycles. The van der Waals surface area contributed by atoms with Gasteiger partial charge in [0.15, 0.2) is 0 Å². The minimum Gasteiger partial charge on any atom is -0.311 e. The molecule has 590 valence electrons. The van der Waals surface area contributed by atoms with Gasteiger partial charge in [0.2, 0.25) is 0 Å². The highest BCUT2D eigenvalue weighted by Crippen LogP contribution is 2.54. The molecule has 0 N–H and O–H groups in total. The second-order valence-corrected chi connectivity index (χ2v) is 41.8. The van der Waals surface area contributed by atoms with Crippen LogP contribution in [-0.4, -0.2) is 15.8 Å². The van der Waals surface area contributed by atoms with Crippen LogP contribution in [0, 0.1) is 32.5 Å². The number of hydrogen-bond donors (Lipinski definition) is 0.